The minimum atomic E-state index is 0.256. The lowest BCUT2D eigenvalue weighted by molar-refractivity contribution is 0.477. The minimum absolute atomic E-state index is 0.256. The molecule has 0 heterocycles. The topological polar surface area (TPSA) is 32.6 Å². The maximum absolute atomic E-state index is 9.50. The van der Waals surface area contributed by atoms with E-state index in [-0.39, 0.29) is 5.75 Å². The molecule has 0 amide bonds. The van der Waals surface area contributed by atoms with E-state index in [9.17, 15) is 5.11 Å². The maximum Gasteiger partial charge on any atom is 0.141 e. The molecule has 0 spiro atoms. The standard InChI is InChI=1S/C15H23NO/c1-2-3-4-5-6-7-10-13-16-14-11-8-9-12-15(14)17/h8-9,11-13,17H,2-7,10H2,1H3. The number of hydrogen-bond acceptors (Lipinski definition) is 2. The molecule has 0 aromatic heterocycles. The Kier molecular flexibility index (Phi) is 7.12. The van der Waals surface area contributed by atoms with Gasteiger partial charge in [-0.05, 0) is 25.0 Å². The predicted molar refractivity (Wildman–Crippen MR) is 74.3 cm³/mol. The van der Waals surface area contributed by atoms with E-state index < -0.39 is 0 Å². The highest BCUT2D eigenvalue weighted by molar-refractivity contribution is 5.65. The van der Waals surface area contributed by atoms with Crippen molar-refractivity contribution in [3.63, 3.8) is 0 Å². The molecule has 0 aliphatic carbocycles. The fourth-order valence-corrected chi connectivity index (χ4v) is 1.75. The second kappa shape index (κ2) is 8.80. The molecule has 2 nitrogen and oxygen atoms in total. The summed E-state index contributed by atoms with van der Waals surface area (Å²) in [5, 5.41) is 9.50. The fourth-order valence-electron chi connectivity index (χ4n) is 1.75. The summed E-state index contributed by atoms with van der Waals surface area (Å²) in [5.74, 6) is 0.256. The van der Waals surface area contributed by atoms with Gasteiger partial charge in [-0.25, -0.2) is 0 Å². The van der Waals surface area contributed by atoms with E-state index in [4.69, 9.17) is 0 Å². The molecule has 94 valence electrons. The average Bonchev–Trinajstić information content (AvgIpc) is 2.35. The molecule has 0 aliphatic rings. The van der Waals surface area contributed by atoms with Gasteiger partial charge in [-0.15, -0.1) is 0 Å². The van der Waals surface area contributed by atoms with Gasteiger partial charge in [0.15, 0.2) is 0 Å². The van der Waals surface area contributed by atoms with E-state index in [0.29, 0.717) is 5.69 Å². The van der Waals surface area contributed by atoms with Crippen LogP contribution in [0, 0.1) is 0 Å². The van der Waals surface area contributed by atoms with Gasteiger partial charge >= 0.3 is 0 Å². The molecule has 0 saturated carbocycles. The lowest BCUT2D eigenvalue weighted by Gasteiger charge is -1.98. The molecule has 1 aromatic carbocycles. The van der Waals surface area contributed by atoms with Crippen molar-refractivity contribution in [3.8, 4) is 5.75 Å². The van der Waals surface area contributed by atoms with E-state index in [2.05, 4.69) is 11.9 Å². The van der Waals surface area contributed by atoms with Crippen LogP contribution in [0.4, 0.5) is 5.69 Å². The van der Waals surface area contributed by atoms with Gasteiger partial charge in [0, 0.05) is 6.21 Å². The average molecular weight is 233 g/mol. The van der Waals surface area contributed by atoms with Crippen LogP contribution < -0.4 is 0 Å². The smallest absolute Gasteiger partial charge is 0.141 e. The monoisotopic (exact) mass is 233 g/mol. The molecule has 1 N–H and O–H groups in total. The number of hydrogen-bond donors (Lipinski definition) is 1. The molecule has 0 radical (unpaired) electrons. The van der Waals surface area contributed by atoms with Crippen molar-refractivity contribution in [1.82, 2.24) is 0 Å². The third-order valence-electron chi connectivity index (χ3n) is 2.80. The SMILES string of the molecule is CCCCCCCCC=Nc1ccccc1O. The number of phenolic OH excluding ortho intramolecular Hbond substituents is 1. The van der Waals surface area contributed by atoms with Crippen molar-refractivity contribution in [1.29, 1.82) is 0 Å². The second-order valence-corrected chi connectivity index (χ2v) is 4.36. The van der Waals surface area contributed by atoms with Crippen LogP contribution >= 0.6 is 0 Å². The first kappa shape index (κ1) is 13.8. The Bertz CT molecular complexity index is 333. The van der Waals surface area contributed by atoms with E-state index in [0.717, 1.165) is 6.42 Å². The highest BCUT2D eigenvalue weighted by Gasteiger charge is 1.94. The molecule has 1 aromatic rings. The Balaban J connectivity index is 2.12. The van der Waals surface area contributed by atoms with Crippen LogP contribution in [0.3, 0.4) is 0 Å². The van der Waals surface area contributed by atoms with Gasteiger partial charge in [-0.1, -0.05) is 51.2 Å². The Labute approximate surface area is 104 Å². The van der Waals surface area contributed by atoms with Crippen molar-refractivity contribution in [3.05, 3.63) is 24.3 Å². The number of aliphatic imine (C=N–C) groups is 1. The van der Waals surface area contributed by atoms with Crippen LogP contribution in [0.5, 0.6) is 5.75 Å². The van der Waals surface area contributed by atoms with Crippen molar-refractivity contribution >= 4 is 11.9 Å². The fraction of sp³-hybridized carbons (Fsp3) is 0.533. The summed E-state index contributed by atoms with van der Waals surface area (Å²) in [7, 11) is 0. The molecule has 0 atom stereocenters. The van der Waals surface area contributed by atoms with Gasteiger partial charge in [0.2, 0.25) is 0 Å². The number of aromatic hydroxyl groups is 1. The zero-order valence-electron chi connectivity index (χ0n) is 10.7. The summed E-state index contributed by atoms with van der Waals surface area (Å²) in [5.41, 5.74) is 0.665. The summed E-state index contributed by atoms with van der Waals surface area (Å²) < 4.78 is 0. The zero-order valence-corrected chi connectivity index (χ0v) is 10.7. The molecule has 0 fully saturated rings. The summed E-state index contributed by atoms with van der Waals surface area (Å²) in [4.78, 5) is 4.26. The molecule has 0 unspecified atom stereocenters. The van der Waals surface area contributed by atoms with Crippen molar-refractivity contribution in [2.24, 2.45) is 4.99 Å². The largest absolute Gasteiger partial charge is 0.506 e. The summed E-state index contributed by atoms with van der Waals surface area (Å²) >= 11 is 0. The van der Waals surface area contributed by atoms with E-state index in [1.165, 1.54) is 38.5 Å². The third-order valence-corrected chi connectivity index (χ3v) is 2.80. The van der Waals surface area contributed by atoms with Crippen LogP contribution in [0.2, 0.25) is 0 Å². The zero-order chi connectivity index (χ0) is 12.3. The Morgan fingerprint density at radius 1 is 1.06 bits per heavy atom. The van der Waals surface area contributed by atoms with Gasteiger partial charge in [-0.3, -0.25) is 4.99 Å². The molecule has 17 heavy (non-hydrogen) atoms. The third kappa shape index (κ3) is 6.10. The molecular formula is C15H23NO. The number of phenols is 1. The molecule has 0 aliphatic heterocycles. The first-order valence-corrected chi connectivity index (χ1v) is 6.65. The summed E-state index contributed by atoms with van der Waals surface area (Å²) in [6.45, 7) is 2.24. The lowest BCUT2D eigenvalue weighted by atomic mass is 10.1. The second-order valence-electron chi connectivity index (χ2n) is 4.36. The van der Waals surface area contributed by atoms with Gasteiger partial charge < -0.3 is 5.11 Å². The van der Waals surface area contributed by atoms with Crippen LogP contribution in [0.15, 0.2) is 29.3 Å². The molecular weight excluding hydrogens is 210 g/mol. The lowest BCUT2D eigenvalue weighted by Crippen LogP contribution is -1.80. The normalized spacial score (nSPS) is 11.1. The first-order valence-electron chi connectivity index (χ1n) is 6.65. The first-order chi connectivity index (χ1) is 8.34. The van der Waals surface area contributed by atoms with E-state index >= 15 is 0 Å². The Morgan fingerprint density at radius 3 is 2.53 bits per heavy atom. The number of para-hydroxylation sites is 2. The highest BCUT2D eigenvalue weighted by Crippen LogP contribution is 2.24. The van der Waals surface area contributed by atoms with Crippen molar-refractivity contribution in [2.45, 2.75) is 51.9 Å². The Morgan fingerprint density at radius 2 is 1.76 bits per heavy atom. The molecule has 0 bridgehead atoms. The molecule has 0 saturated heterocycles. The summed E-state index contributed by atoms with van der Waals surface area (Å²) in [6, 6.07) is 7.18. The van der Waals surface area contributed by atoms with Gasteiger partial charge in [0.1, 0.15) is 11.4 Å². The van der Waals surface area contributed by atoms with Crippen LogP contribution in [-0.4, -0.2) is 11.3 Å². The van der Waals surface area contributed by atoms with Crippen molar-refractivity contribution < 1.29 is 5.11 Å². The minimum Gasteiger partial charge on any atom is -0.506 e. The van der Waals surface area contributed by atoms with Gasteiger partial charge in [0.05, 0.1) is 0 Å². The molecule has 2 heteroatoms. The van der Waals surface area contributed by atoms with Crippen LogP contribution in [0.25, 0.3) is 0 Å². The Hall–Kier alpha value is -1.31. The predicted octanol–water partition coefficient (Wildman–Crippen LogP) is 4.85. The van der Waals surface area contributed by atoms with Gasteiger partial charge in [0.25, 0.3) is 0 Å². The molecule has 1 rings (SSSR count). The van der Waals surface area contributed by atoms with Crippen LogP contribution in [-0.2, 0) is 0 Å². The maximum atomic E-state index is 9.50. The van der Waals surface area contributed by atoms with E-state index in [1.807, 2.05) is 24.4 Å². The number of nitrogens with zero attached hydrogens (tertiary/aromatic N) is 1. The number of benzene rings is 1. The number of unbranched alkanes of at least 4 members (excludes halogenated alkanes) is 6. The number of rotatable bonds is 8. The van der Waals surface area contributed by atoms with Gasteiger partial charge in [-0.2, -0.15) is 0 Å². The summed E-state index contributed by atoms with van der Waals surface area (Å²) in [6.07, 6.45) is 10.7. The highest BCUT2D eigenvalue weighted by atomic mass is 16.3. The quantitative estimate of drug-likeness (QED) is 0.505. The van der Waals surface area contributed by atoms with Crippen LogP contribution in [0.1, 0.15) is 51.9 Å². The van der Waals surface area contributed by atoms with Crippen molar-refractivity contribution in [2.75, 3.05) is 0 Å². The van der Waals surface area contributed by atoms with E-state index in [1.54, 1.807) is 6.07 Å².